The number of piperidine rings is 1. The number of hydrogen-bond donors (Lipinski definition) is 1. The van der Waals surface area contributed by atoms with Gasteiger partial charge in [0.25, 0.3) is 5.91 Å². The van der Waals surface area contributed by atoms with E-state index in [9.17, 15) is 13.2 Å². The molecule has 1 aliphatic rings. The molecule has 1 heterocycles. The van der Waals surface area contributed by atoms with Crippen LogP contribution in [-0.2, 0) is 16.4 Å². The van der Waals surface area contributed by atoms with Crippen molar-refractivity contribution < 1.29 is 22.7 Å². The molecule has 30 heavy (non-hydrogen) atoms. The summed E-state index contributed by atoms with van der Waals surface area (Å²) >= 11 is 0. The first kappa shape index (κ1) is 22.1. The van der Waals surface area contributed by atoms with E-state index in [1.54, 1.807) is 32.4 Å². The number of nitrogens with zero attached hydrogens (tertiary/aromatic N) is 1. The molecule has 7 nitrogen and oxygen atoms in total. The smallest absolute Gasteiger partial charge is 0.251 e. The number of nitrogens with one attached hydrogen (secondary N) is 1. The number of methoxy groups -OCH3 is 2. The minimum absolute atomic E-state index is 0.164. The van der Waals surface area contributed by atoms with Crippen molar-refractivity contribution in [1.29, 1.82) is 0 Å². The number of ether oxygens (including phenoxy) is 2. The van der Waals surface area contributed by atoms with Crippen LogP contribution in [0, 0.1) is 0 Å². The highest BCUT2D eigenvalue weighted by atomic mass is 32.2. The molecule has 0 radical (unpaired) electrons. The summed E-state index contributed by atoms with van der Waals surface area (Å²) in [6, 6.07) is 11.8. The zero-order chi connectivity index (χ0) is 21.6. The molecule has 0 saturated carbocycles. The Bertz CT molecular complexity index is 985. The number of rotatable bonds is 8. The average molecular weight is 433 g/mol. The molecule has 1 aliphatic heterocycles. The van der Waals surface area contributed by atoms with Gasteiger partial charge in [-0.2, -0.15) is 4.31 Å². The number of benzene rings is 2. The first-order valence-electron chi connectivity index (χ1n) is 10.0. The van der Waals surface area contributed by atoms with E-state index in [1.807, 2.05) is 18.2 Å². The summed E-state index contributed by atoms with van der Waals surface area (Å²) in [6.07, 6.45) is 3.40. The van der Waals surface area contributed by atoms with E-state index < -0.39 is 10.0 Å². The highest BCUT2D eigenvalue weighted by Gasteiger charge is 2.26. The molecule has 0 unspecified atom stereocenters. The number of hydrogen-bond acceptors (Lipinski definition) is 5. The second kappa shape index (κ2) is 9.95. The van der Waals surface area contributed by atoms with Gasteiger partial charge in [-0.25, -0.2) is 8.42 Å². The molecule has 2 aromatic rings. The van der Waals surface area contributed by atoms with E-state index in [4.69, 9.17) is 9.47 Å². The molecule has 3 rings (SSSR count). The zero-order valence-electron chi connectivity index (χ0n) is 17.4. The Kier molecular flexibility index (Phi) is 7.33. The van der Waals surface area contributed by atoms with Crippen LogP contribution in [0.15, 0.2) is 47.4 Å². The summed E-state index contributed by atoms with van der Waals surface area (Å²) in [4.78, 5) is 12.7. The highest BCUT2D eigenvalue weighted by Crippen LogP contribution is 2.27. The normalized spacial score (nSPS) is 14.9. The standard InChI is InChI=1S/C22H28N2O5S/c1-28-20-10-9-17(15-21(20)29-2)11-12-23-22(25)18-7-6-8-19(16-18)30(26,27)24-13-4-3-5-14-24/h6-10,15-16H,3-5,11-14H2,1-2H3,(H,23,25). The zero-order valence-corrected chi connectivity index (χ0v) is 18.2. The Morgan fingerprint density at radius 1 is 1.00 bits per heavy atom. The summed E-state index contributed by atoms with van der Waals surface area (Å²) in [6.45, 7) is 1.48. The molecule has 0 aliphatic carbocycles. The Morgan fingerprint density at radius 3 is 2.43 bits per heavy atom. The van der Waals surface area contributed by atoms with Crippen molar-refractivity contribution in [2.24, 2.45) is 0 Å². The van der Waals surface area contributed by atoms with Crippen molar-refractivity contribution in [2.45, 2.75) is 30.6 Å². The number of carbonyl (C=O) groups excluding carboxylic acids is 1. The predicted molar refractivity (Wildman–Crippen MR) is 115 cm³/mol. The quantitative estimate of drug-likeness (QED) is 0.693. The van der Waals surface area contributed by atoms with Crippen molar-refractivity contribution in [1.82, 2.24) is 9.62 Å². The summed E-state index contributed by atoms with van der Waals surface area (Å²) in [5.74, 6) is 0.986. The van der Waals surface area contributed by atoms with Crippen molar-refractivity contribution in [2.75, 3.05) is 33.9 Å². The SMILES string of the molecule is COc1ccc(CCNC(=O)c2cccc(S(=O)(=O)N3CCCCC3)c2)cc1OC. The van der Waals surface area contributed by atoms with Crippen LogP contribution in [0.3, 0.4) is 0 Å². The van der Waals surface area contributed by atoms with E-state index in [1.165, 1.54) is 10.4 Å². The number of amides is 1. The lowest BCUT2D eigenvalue weighted by molar-refractivity contribution is 0.0954. The first-order valence-corrected chi connectivity index (χ1v) is 11.5. The van der Waals surface area contributed by atoms with Crippen LogP contribution in [0.2, 0.25) is 0 Å². The minimum Gasteiger partial charge on any atom is -0.493 e. The van der Waals surface area contributed by atoms with Gasteiger partial charge < -0.3 is 14.8 Å². The van der Waals surface area contributed by atoms with Gasteiger partial charge in [-0.15, -0.1) is 0 Å². The van der Waals surface area contributed by atoms with Crippen molar-refractivity contribution >= 4 is 15.9 Å². The fourth-order valence-electron chi connectivity index (χ4n) is 3.51. The van der Waals surface area contributed by atoms with Gasteiger partial charge in [-0.1, -0.05) is 18.6 Å². The molecule has 1 N–H and O–H groups in total. The molecular weight excluding hydrogens is 404 g/mol. The topological polar surface area (TPSA) is 84.9 Å². The molecular formula is C22H28N2O5S. The predicted octanol–water partition coefficient (Wildman–Crippen LogP) is 2.85. The third-order valence-electron chi connectivity index (χ3n) is 5.20. The Balaban J connectivity index is 1.63. The number of carbonyl (C=O) groups is 1. The Labute approximate surface area is 178 Å². The van der Waals surface area contributed by atoms with Crippen LogP contribution in [0.5, 0.6) is 11.5 Å². The summed E-state index contributed by atoms with van der Waals surface area (Å²) < 4.78 is 37.7. The Morgan fingerprint density at radius 2 is 1.73 bits per heavy atom. The summed E-state index contributed by atoms with van der Waals surface area (Å²) in [7, 11) is -0.410. The van der Waals surface area contributed by atoms with Gasteiger partial charge in [0.1, 0.15) is 0 Å². The first-order chi connectivity index (χ1) is 14.5. The fourth-order valence-corrected chi connectivity index (χ4v) is 5.07. The van der Waals surface area contributed by atoms with Gasteiger partial charge in [0.05, 0.1) is 19.1 Å². The third-order valence-corrected chi connectivity index (χ3v) is 7.09. The molecule has 0 atom stereocenters. The molecule has 0 spiro atoms. The monoisotopic (exact) mass is 432 g/mol. The largest absolute Gasteiger partial charge is 0.493 e. The molecule has 1 saturated heterocycles. The van der Waals surface area contributed by atoms with Crippen molar-refractivity contribution in [3.8, 4) is 11.5 Å². The maximum atomic E-state index is 12.8. The molecule has 0 bridgehead atoms. The maximum absolute atomic E-state index is 12.8. The van der Waals surface area contributed by atoms with Crippen molar-refractivity contribution in [3.05, 3.63) is 53.6 Å². The lowest BCUT2D eigenvalue weighted by Crippen LogP contribution is -2.35. The van der Waals surface area contributed by atoms with Crippen LogP contribution in [-0.4, -0.2) is 52.5 Å². The van der Waals surface area contributed by atoms with Gasteiger partial charge in [-0.3, -0.25) is 4.79 Å². The molecule has 1 amide bonds. The fraction of sp³-hybridized carbons (Fsp3) is 0.409. The van der Waals surface area contributed by atoms with E-state index in [2.05, 4.69) is 5.32 Å². The van der Waals surface area contributed by atoms with Crippen LogP contribution in [0.1, 0.15) is 35.2 Å². The molecule has 0 aromatic heterocycles. The molecule has 1 fully saturated rings. The van der Waals surface area contributed by atoms with E-state index in [0.29, 0.717) is 43.1 Å². The Hall–Kier alpha value is -2.58. The number of sulfonamides is 1. The molecule has 162 valence electrons. The second-order valence-corrected chi connectivity index (χ2v) is 9.13. The summed E-state index contributed by atoms with van der Waals surface area (Å²) in [5, 5.41) is 2.85. The van der Waals surface area contributed by atoms with Gasteiger partial charge >= 0.3 is 0 Å². The summed E-state index contributed by atoms with van der Waals surface area (Å²) in [5.41, 5.74) is 1.33. The van der Waals surface area contributed by atoms with Crippen LogP contribution in [0.4, 0.5) is 0 Å². The molecule has 8 heteroatoms. The second-order valence-electron chi connectivity index (χ2n) is 7.19. The van der Waals surface area contributed by atoms with Crippen LogP contribution < -0.4 is 14.8 Å². The van der Waals surface area contributed by atoms with E-state index >= 15 is 0 Å². The van der Waals surface area contributed by atoms with Crippen LogP contribution >= 0.6 is 0 Å². The third kappa shape index (κ3) is 5.12. The highest BCUT2D eigenvalue weighted by molar-refractivity contribution is 7.89. The van der Waals surface area contributed by atoms with Crippen LogP contribution in [0.25, 0.3) is 0 Å². The molecule has 2 aromatic carbocycles. The average Bonchev–Trinajstić information content (AvgIpc) is 2.79. The lowest BCUT2D eigenvalue weighted by Gasteiger charge is -2.26. The minimum atomic E-state index is -3.57. The van der Waals surface area contributed by atoms with Gasteiger partial charge in [0, 0.05) is 25.2 Å². The van der Waals surface area contributed by atoms with Gasteiger partial charge in [0.15, 0.2) is 11.5 Å². The van der Waals surface area contributed by atoms with Crippen molar-refractivity contribution in [3.63, 3.8) is 0 Å². The lowest BCUT2D eigenvalue weighted by atomic mass is 10.1. The maximum Gasteiger partial charge on any atom is 0.251 e. The van der Waals surface area contributed by atoms with Gasteiger partial charge in [-0.05, 0) is 55.2 Å². The van der Waals surface area contributed by atoms with E-state index in [-0.39, 0.29) is 10.8 Å². The van der Waals surface area contributed by atoms with Gasteiger partial charge in [0.2, 0.25) is 10.0 Å². The van der Waals surface area contributed by atoms with E-state index in [0.717, 1.165) is 24.8 Å².